The van der Waals surface area contributed by atoms with Gasteiger partial charge >= 0.3 is 0 Å². The molecule has 28 heavy (non-hydrogen) atoms. The highest BCUT2D eigenvalue weighted by Gasteiger charge is 2.51. The van der Waals surface area contributed by atoms with E-state index in [9.17, 15) is 9.59 Å². The molecule has 2 aliphatic rings. The summed E-state index contributed by atoms with van der Waals surface area (Å²) in [4.78, 5) is 30.2. The van der Waals surface area contributed by atoms with Crippen LogP contribution in [0.15, 0.2) is 36.4 Å². The van der Waals surface area contributed by atoms with Gasteiger partial charge < -0.3 is 9.80 Å². The predicted octanol–water partition coefficient (Wildman–Crippen LogP) is 2.95. The molecule has 6 heteroatoms. The van der Waals surface area contributed by atoms with Crippen molar-refractivity contribution in [2.24, 2.45) is 12.5 Å². The van der Waals surface area contributed by atoms with Gasteiger partial charge in [-0.3, -0.25) is 14.3 Å². The van der Waals surface area contributed by atoms with Crippen molar-refractivity contribution in [3.63, 3.8) is 0 Å². The molecule has 148 valence electrons. The number of benzene rings is 1. The summed E-state index contributed by atoms with van der Waals surface area (Å²) >= 11 is 0. The van der Waals surface area contributed by atoms with Gasteiger partial charge in [-0.25, -0.2) is 0 Å². The summed E-state index contributed by atoms with van der Waals surface area (Å²) in [5, 5.41) is 4.55. The van der Waals surface area contributed by atoms with Crippen molar-refractivity contribution in [2.45, 2.75) is 38.6 Å². The van der Waals surface area contributed by atoms with Gasteiger partial charge in [0, 0.05) is 38.8 Å². The Morgan fingerprint density at radius 3 is 2.50 bits per heavy atom. The van der Waals surface area contributed by atoms with E-state index in [1.807, 2.05) is 67.2 Å². The summed E-state index contributed by atoms with van der Waals surface area (Å²) in [5.74, 6) is 0.156. The molecular formula is C22H28N4O2. The average Bonchev–Trinajstić information content (AvgIpc) is 3.10. The van der Waals surface area contributed by atoms with Gasteiger partial charge in [0.05, 0.1) is 11.1 Å². The van der Waals surface area contributed by atoms with E-state index >= 15 is 0 Å². The number of aromatic nitrogens is 2. The second-order valence-corrected chi connectivity index (χ2v) is 8.17. The highest BCUT2D eigenvalue weighted by atomic mass is 16.2. The number of hydrogen-bond donors (Lipinski definition) is 0. The highest BCUT2D eigenvalue weighted by Crippen LogP contribution is 2.44. The van der Waals surface area contributed by atoms with Crippen LogP contribution in [0.1, 0.15) is 43.1 Å². The summed E-state index contributed by atoms with van der Waals surface area (Å²) in [6.07, 6.45) is 3.58. The fraction of sp³-hybridized carbons (Fsp3) is 0.500. The second-order valence-electron chi connectivity index (χ2n) is 8.17. The number of likely N-dealkylation sites (tertiary alicyclic amines) is 2. The van der Waals surface area contributed by atoms with Gasteiger partial charge in [0.15, 0.2) is 0 Å². The van der Waals surface area contributed by atoms with Crippen molar-refractivity contribution in [1.29, 1.82) is 0 Å². The van der Waals surface area contributed by atoms with E-state index in [1.165, 1.54) is 0 Å². The Morgan fingerprint density at radius 1 is 1.11 bits per heavy atom. The normalized spacial score (nSPS) is 25.4. The molecule has 1 aromatic heterocycles. The molecule has 0 unspecified atom stereocenters. The fourth-order valence-electron chi connectivity index (χ4n) is 4.95. The third kappa shape index (κ3) is 2.91. The first kappa shape index (κ1) is 18.7. The van der Waals surface area contributed by atoms with Gasteiger partial charge in [0.2, 0.25) is 5.91 Å². The average molecular weight is 380 g/mol. The minimum absolute atomic E-state index is 0.0372. The zero-order valence-electron chi connectivity index (χ0n) is 16.9. The maximum Gasteiger partial charge on any atom is 0.272 e. The van der Waals surface area contributed by atoms with Crippen LogP contribution < -0.4 is 0 Å². The second kappa shape index (κ2) is 7.08. The number of piperidine rings is 2. The van der Waals surface area contributed by atoms with Crippen molar-refractivity contribution < 1.29 is 9.59 Å². The number of rotatable bonds is 2. The SMILES string of the molecule is C[C@@H]1N(C(=O)c2cc(-c3ccccc3)nn2C)CCC[C@@]12CCCN(C)C2=O. The Morgan fingerprint density at radius 2 is 1.79 bits per heavy atom. The fourth-order valence-corrected chi connectivity index (χ4v) is 4.95. The van der Waals surface area contributed by atoms with Crippen LogP contribution in [0.3, 0.4) is 0 Å². The summed E-state index contributed by atoms with van der Waals surface area (Å²) in [6.45, 7) is 3.54. The molecule has 2 atom stereocenters. The lowest BCUT2D eigenvalue weighted by Crippen LogP contribution is -2.61. The number of hydrogen-bond acceptors (Lipinski definition) is 3. The van der Waals surface area contributed by atoms with Gasteiger partial charge in [-0.1, -0.05) is 30.3 Å². The van der Waals surface area contributed by atoms with E-state index in [-0.39, 0.29) is 17.9 Å². The predicted molar refractivity (Wildman–Crippen MR) is 108 cm³/mol. The van der Waals surface area contributed by atoms with E-state index in [2.05, 4.69) is 5.10 Å². The van der Waals surface area contributed by atoms with E-state index in [0.29, 0.717) is 12.2 Å². The third-order valence-corrected chi connectivity index (χ3v) is 6.61. The van der Waals surface area contributed by atoms with Crippen molar-refractivity contribution in [2.75, 3.05) is 20.1 Å². The topological polar surface area (TPSA) is 58.4 Å². The lowest BCUT2D eigenvalue weighted by Gasteiger charge is -2.51. The Labute approximate surface area is 166 Å². The number of carbonyl (C=O) groups excluding carboxylic acids is 2. The zero-order chi connectivity index (χ0) is 19.9. The molecule has 0 saturated carbocycles. The Bertz CT molecular complexity index is 887. The van der Waals surface area contributed by atoms with Gasteiger partial charge in [0.1, 0.15) is 5.69 Å². The van der Waals surface area contributed by atoms with Crippen LogP contribution in [0.25, 0.3) is 11.3 Å². The van der Waals surface area contributed by atoms with Crippen LogP contribution in [-0.2, 0) is 11.8 Å². The first-order valence-corrected chi connectivity index (χ1v) is 10.1. The summed E-state index contributed by atoms with van der Waals surface area (Å²) in [6, 6.07) is 11.6. The molecule has 4 rings (SSSR count). The van der Waals surface area contributed by atoms with E-state index < -0.39 is 5.41 Å². The zero-order valence-corrected chi connectivity index (χ0v) is 16.9. The van der Waals surface area contributed by atoms with E-state index in [0.717, 1.165) is 43.5 Å². The first-order chi connectivity index (χ1) is 13.4. The molecule has 0 N–H and O–H groups in total. The molecule has 6 nitrogen and oxygen atoms in total. The standard InChI is InChI=1S/C22H28N4O2/c1-16-22(11-7-13-24(2)21(22)28)12-8-14-26(16)20(27)19-15-18(23-25(19)3)17-9-5-4-6-10-17/h4-6,9-10,15-16H,7-8,11-14H2,1-3H3/t16-,22-/m0/s1. The van der Waals surface area contributed by atoms with Gasteiger partial charge in [0.25, 0.3) is 5.91 Å². The Kier molecular flexibility index (Phi) is 4.73. The van der Waals surface area contributed by atoms with E-state index in [1.54, 1.807) is 4.68 Å². The van der Waals surface area contributed by atoms with Crippen molar-refractivity contribution >= 4 is 11.8 Å². The number of nitrogens with zero attached hydrogens (tertiary/aromatic N) is 4. The number of carbonyl (C=O) groups is 2. The largest absolute Gasteiger partial charge is 0.345 e. The number of amides is 2. The van der Waals surface area contributed by atoms with Crippen molar-refractivity contribution in [3.8, 4) is 11.3 Å². The smallest absolute Gasteiger partial charge is 0.272 e. The maximum absolute atomic E-state index is 13.4. The molecule has 0 aliphatic carbocycles. The molecule has 2 amide bonds. The molecule has 0 radical (unpaired) electrons. The minimum Gasteiger partial charge on any atom is -0.345 e. The molecule has 2 fully saturated rings. The molecule has 2 saturated heterocycles. The molecule has 2 aliphatic heterocycles. The van der Waals surface area contributed by atoms with Gasteiger partial charge in [-0.2, -0.15) is 5.10 Å². The summed E-state index contributed by atoms with van der Waals surface area (Å²) < 4.78 is 1.66. The summed E-state index contributed by atoms with van der Waals surface area (Å²) in [5.41, 5.74) is 1.91. The van der Waals surface area contributed by atoms with E-state index in [4.69, 9.17) is 0 Å². The first-order valence-electron chi connectivity index (χ1n) is 10.1. The minimum atomic E-state index is -0.443. The molecule has 1 spiro atoms. The molecular weight excluding hydrogens is 352 g/mol. The van der Waals surface area contributed by atoms with Crippen LogP contribution in [0.4, 0.5) is 0 Å². The molecule has 2 aromatic rings. The summed E-state index contributed by atoms with van der Waals surface area (Å²) in [7, 11) is 3.69. The third-order valence-electron chi connectivity index (χ3n) is 6.61. The lowest BCUT2D eigenvalue weighted by molar-refractivity contribution is -0.152. The van der Waals surface area contributed by atoms with Crippen LogP contribution in [0.2, 0.25) is 0 Å². The molecule has 0 bridgehead atoms. The Balaban J connectivity index is 1.63. The lowest BCUT2D eigenvalue weighted by atomic mass is 9.68. The Hall–Kier alpha value is -2.63. The maximum atomic E-state index is 13.4. The van der Waals surface area contributed by atoms with Crippen molar-refractivity contribution in [3.05, 3.63) is 42.1 Å². The van der Waals surface area contributed by atoms with Crippen LogP contribution in [0, 0.1) is 5.41 Å². The van der Waals surface area contributed by atoms with Crippen LogP contribution in [0.5, 0.6) is 0 Å². The van der Waals surface area contributed by atoms with Crippen molar-refractivity contribution in [1.82, 2.24) is 19.6 Å². The van der Waals surface area contributed by atoms with Crippen LogP contribution in [-0.4, -0.2) is 57.6 Å². The quantitative estimate of drug-likeness (QED) is 0.805. The number of aryl methyl sites for hydroxylation is 1. The van der Waals surface area contributed by atoms with Gasteiger partial charge in [-0.15, -0.1) is 0 Å². The molecule has 3 heterocycles. The highest BCUT2D eigenvalue weighted by molar-refractivity contribution is 5.95. The van der Waals surface area contributed by atoms with Crippen LogP contribution >= 0.6 is 0 Å². The molecule has 1 aromatic carbocycles. The monoisotopic (exact) mass is 380 g/mol. The van der Waals surface area contributed by atoms with Gasteiger partial charge in [-0.05, 0) is 38.7 Å².